The van der Waals surface area contributed by atoms with Crippen molar-refractivity contribution in [3.05, 3.63) is 29.3 Å². The summed E-state index contributed by atoms with van der Waals surface area (Å²) in [4.78, 5) is 11.1. The highest BCUT2D eigenvalue weighted by Gasteiger charge is 2.33. The molecule has 2 nitrogen and oxygen atoms in total. The van der Waals surface area contributed by atoms with E-state index in [9.17, 15) is 4.79 Å². The summed E-state index contributed by atoms with van der Waals surface area (Å²) in [5, 5.41) is 0.527. The van der Waals surface area contributed by atoms with Crippen molar-refractivity contribution in [2.45, 2.75) is 3.79 Å². The maximum Gasteiger partial charge on any atom is 0.363 e. The third-order valence-electron chi connectivity index (χ3n) is 1.26. The molecule has 0 radical (unpaired) electrons. The highest BCUT2D eigenvalue weighted by atomic mass is 35.6. The van der Waals surface area contributed by atoms with Gasteiger partial charge in [-0.1, -0.05) is 46.4 Å². The molecule has 0 fully saturated rings. The number of carbonyl (C=O) groups excluding carboxylic acids is 1. The molecule has 0 aromatic heterocycles. The summed E-state index contributed by atoms with van der Waals surface area (Å²) in [7, 11) is 0. The van der Waals surface area contributed by atoms with Gasteiger partial charge in [0, 0.05) is 5.02 Å². The average Bonchev–Trinajstić information content (AvgIpc) is 2.07. The lowest BCUT2D eigenvalue weighted by atomic mass is 10.3. The maximum absolute atomic E-state index is 11.1. The standard InChI is InChI=1S/C8H4Cl4O2/c9-5-1-3-6(4-2-5)14-7(13)8(10,11)12/h1-4H. The Bertz CT molecular complexity index is 328. The lowest BCUT2D eigenvalue weighted by molar-refractivity contribution is -0.133. The smallest absolute Gasteiger partial charge is 0.363 e. The van der Waals surface area contributed by atoms with E-state index in [-0.39, 0.29) is 5.75 Å². The predicted octanol–water partition coefficient (Wildman–Crippen LogP) is 3.62. The fourth-order valence-corrected chi connectivity index (χ4v) is 0.909. The summed E-state index contributed by atoms with van der Waals surface area (Å²) in [6, 6.07) is 6.11. The highest BCUT2D eigenvalue weighted by Crippen LogP contribution is 2.28. The number of esters is 1. The molecule has 0 bridgehead atoms. The third-order valence-corrected chi connectivity index (χ3v) is 1.97. The number of rotatable bonds is 1. The largest absolute Gasteiger partial charge is 0.423 e. The van der Waals surface area contributed by atoms with Crippen LogP contribution in [0, 0.1) is 0 Å². The molecule has 0 unspecified atom stereocenters. The van der Waals surface area contributed by atoms with Gasteiger partial charge in [-0.3, -0.25) is 0 Å². The van der Waals surface area contributed by atoms with Crippen molar-refractivity contribution >= 4 is 52.4 Å². The van der Waals surface area contributed by atoms with Gasteiger partial charge in [0.25, 0.3) is 3.79 Å². The minimum absolute atomic E-state index is 0.269. The first-order valence-electron chi connectivity index (χ1n) is 3.44. The van der Waals surface area contributed by atoms with Crippen LogP contribution in [0.15, 0.2) is 24.3 Å². The molecule has 0 saturated heterocycles. The highest BCUT2D eigenvalue weighted by molar-refractivity contribution is 6.75. The zero-order valence-corrected chi connectivity index (χ0v) is 9.66. The van der Waals surface area contributed by atoms with Crippen LogP contribution >= 0.6 is 46.4 Å². The lowest BCUT2D eigenvalue weighted by Gasteiger charge is -2.09. The second-order valence-corrected chi connectivity index (χ2v) is 5.06. The Morgan fingerprint density at radius 2 is 1.64 bits per heavy atom. The minimum atomic E-state index is -2.07. The van der Waals surface area contributed by atoms with E-state index in [4.69, 9.17) is 51.1 Å². The first-order valence-corrected chi connectivity index (χ1v) is 4.95. The Morgan fingerprint density at radius 1 is 1.14 bits per heavy atom. The fourth-order valence-electron chi connectivity index (χ4n) is 0.668. The maximum atomic E-state index is 11.1. The van der Waals surface area contributed by atoms with E-state index in [2.05, 4.69) is 0 Å². The van der Waals surface area contributed by atoms with Crippen LogP contribution in [0.4, 0.5) is 0 Å². The van der Waals surface area contributed by atoms with E-state index in [0.29, 0.717) is 5.02 Å². The van der Waals surface area contributed by atoms with Crippen molar-refractivity contribution in [3.63, 3.8) is 0 Å². The van der Waals surface area contributed by atoms with Gasteiger partial charge in [0.1, 0.15) is 5.75 Å². The van der Waals surface area contributed by atoms with Gasteiger partial charge < -0.3 is 4.74 Å². The molecule has 1 rings (SSSR count). The third kappa shape index (κ3) is 3.54. The molecule has 6 heteroatoms. The molecule has 14 heavy (non-hydrogen) atoms. The van der Waals surface area contributed by atoms with Crippen molar-refractivity contribution < 1.29 is 9.53 Å². The van der Waals surface area contributed by atoms with Gasteiger partial charge >= 0.3 is 5.97 Å². The summed E-state index contributed by atoms with van der Waals surface area (Å²) >= 11 is 21.5. The van der Waals surface area contributed by atoms with Crippen molar-refractivity contribution in [1.29, 1.82) is 0 Å². The summed E-state index contributed by atoms with van der Waals surface area (Å²) in [6.45, 7) is 0. The molecule has 0 atom stereocenters. The number of benzene rings is 1. The van der Waals surface area contributed by atoms with Gasteiger partial charge in [-0.25, -0.2) is 4.79 Å². The van der Waals surface area contributed by atoms with E-state index in [1.54, 1.807) is 12.1 Å². The SMILES string of the molecule is O=C(Oc1ccc(Cl)cc1)C(Cl)(Cl)Cl. The Labute approximate surface area is 101 Å². The van der Waals surface area contributed by atoms with Gasteiger partial charge in [0.15, 0.2) is 0 Å². The van der Waals surface area contributed by atoms with Crippen molar-refractivity contribution in [2.24, 2.45) is 0 Å². The predicted molar refractivity (Wildman–Crippen MR) is 57.4 cm³/mol. The van der Waals surface area contributed by atoms with Gasteiger partial charge in [-0.2, -0.15) is 0 Å². The lowest BCUT2D eigenvalue weighted by Crippen LogP contribution is -2.24. The van der Waals surface area contributed by atoms with Crippen LogP contribution in [0.2, 0.25) is 5.02 Å². The van der Waals surface area contributed by atoms with Gasteiger partial charge in [0.2, 0.25) is 0 Å². The molecule has 1 aromatic carbocycles. The molecule has 0 spiro atoms. The summed E-state index contributed by atoms with van der Waals surface area (Å²) < 4.78 is 2.67. The van der Waals surface area contributed by atoms with Crippen molar-refractivity contribution in [2.75, 3.05) is 0 Å². The van der Waals surface area contributed by atoms with E-state index in [0.717, 1.165) is 0 Å². The van der Waals surface area contributed by atoms with E-state index >= 15 is 0 Å². The summed E-state index contributed by atoms with van der Waals surface area (Å²) in [5.41, 5.74) is 0. The number of halogens is 4. The average molecular weight is 274 g/mol. The molecule has 76 valence electrons. The molecule has 0 saturated carbocycles. The molecule has 0 N–H and O–H groups in total. The van der Waals surface area contributed by atoms with E-state index < -0.39 is 9.76 Å². The van der Waals surface area contributed by atoms with Crippen molar-refractivity contribution in [3.8, 4) is 5.75 Å². The first-order chi connectivity index (χ1) is 6.39. The van der Waals surface area contributed by atoms with Gasteiger partial charge in [-0.15, -0.1) is 0 Å². The molecule has 0 aliphatic rings. The number of carbonyl (C=O) groups is 1. The van der Waals surface area contributed by atoms with Gasteiger partial charge in [0.05, 0.1) is 0 Å². The molecular weight excluding hydrogens is 270 g/mol. The quantitative estimate of drug-likeness (QED) is 0.444. The Morgan fingerprint density at radius 3 is 2.07 bits per heavy atom. The molecule has 1 aromatic rings. The van der Waals surface area contributed by atoms with Crippen LogP contribution < -0.4 is 4.74 Å². The minimum Gasteiger partial charge on any atom is -0.423 e. The van der Waals surface area contributed by atoms with Crippen LogP contribution in [0.5, 0.6) is 5.75 Å². The first kappa shape index (κ1) is 11.9. The van der Waals surface area contributed by atoms with Gasteiger partial charge in [-0.05, 0) is 24.3 Å². The van der Waals surface area contributed by atoms with Crippen LogP contribution in [0.25, 0.3) is 0 Å². The molecular formula is C8H4Cl4O2. The molecule has 0 heterocycles. The number of ether oxygens (including phenoxy) is 1. The molecule has 0 aliphatic heterocycles. The Balaban J connectivity index is 2.71. The number of alkyl halides is 3. The van der Waals surface area contributed by atoms with E-state index in [1.165, 1.54) is 12.1 Å². The molecule has 0 aliphatic carbocycles. The monoisotopic (exact) mass is 272 g/mol. The fraction of sp³-hybridized carbons (Fsp3) is 0.125. The summed E-state index contributed by atoms with van der Waals surface area (Å²) in [6.07, 6.45) is 0. The second kappa shape index (κ2) is 4.58. The number of hydrogen-bond acceptors (Lipinski definition) is 2. The summed E-state index contributed by atoms with van der Waals surface area (Å²) in [5.74, 6) is -0.685. The molecule has 0 amide bonds. The van der Waals surface area contributed by atoms with E-state index in [1.807, 2.05) is 0 Å². The number of hydrogen-bond donors (Lipinski definition) is 0. The zero-order chi connectivity index (χ0) is 10.8. The zero-order valence-electron chi connectivity index (χ0n) is 6.64. The normalized spacial score (nSPS) is 11.1. The van der Waals surface area contributed by atoms with Crippen LogP contribution in [-0.2, 0) is 4.79 Å². The van der Waals surface area contributed by atoms with Crippen LogP contribution in [-0.4, -0.2) is 9.76 Å². The van der Waals surface area contributed by atoms with Crippen molar-refractivity contribution in [1.82, 2.24) is 0 Å². The Kier molecular flexibility index (Phi) is 3.90. The van der Waals surface area contributed by atoms with Crippen LogP contribution in [0.1, 0.15) is 0 Å². The van der Waals surface area contributed by atoms with Crippen LogP contribution in [0.3, 0.4) is 0 Å². The second-order valence-electron chi connectivity index (χ2n) is 2.34. The Hall–Kier alpha value is -0.150. The topological polar surface area (TPSA) is 26.3 Å².